The Bertz CT molecular complexity index is 1380. The molecule has 3 aromatic heterocycles. The number of carbonyl (C=O) groups excluding carboxylic acids is 2. The van der Waals surface area contributed by atoms with Crippen LogP contribution in [0.2, 0.25) is 5.02 Å². The number of pyridine rings is 2. The van der Waals surface area contributed by atoms with Crippen molar-refractivity contribution in [2.45, 2.75) is 32.1 Å². The molecule has 1 aliphatic heterocycles. The third kappa shape index (κ3) is 6.15. The molecule has 0 saturated heterocycles. The summed E-state index contributed by atoms with van der Waals surface area (Å²) in [5.74, 6) is -0.641. The van der Waals surface area contributed by atoms with Gasteiger partial charge in [0.15, 0.2) is 0 Å². The minimum absolute atomic E-state index is 0.00578. The van der Waals surface area contributed by atoms with Crippen molar-refractivity contribution in [1.82, 2.24) is 20.3 Å². The molecule has 0 aliphatic carbocycles. The molecule has 0 fully saturated rings. The van der Waals surface area contributed by atoms with Gasteiger partial charge in [-0.05, 0) is 38.1 Å². The summed E-state index contributed by atoms with van der Waals surface area (Å²) in [7, 11) is 0. The molecule has 2 unspecified atom stereocenters. The molecule has 0 spiro atoms. The zero-order chi connectivity index (χ0) is 26.7. The van der Waals surface area contributed by atoms with Gasteiger partial charge in [-0.15, -0.1) is 11.3 Å². The summed E-state index contributed by atoms with van der Waals surface area (Å²) in [5, 5.41) is 5.02. The number of rotatable bonds is 6. The summed E-state index contributed by atoms with van der Waals surface area (Å²) in [6.07, 6.45) is 4.40. The fourth-order valence-corrected chi connectivity index (χ4v) is 4.42. The summed E-state index contributed by atoms with van der Waals surface area (Å²) in [5.41, 5.74) is -0.692. The maximum atomic E-state index is 13.1. The number of hydrogen-bond donors (Lipinski definition) is 2. The molecule has 2 amide bonds. The van der Waals surface area contributed by atoms with Gasteiger partial charge >= 0.3 is 6.18 Å². The van der Waals surface area contributed by atoms with Crippen molar-refractivity contribution in [2.24, 2.45) is 0 Å². The van der Waals surface area contributed by atoms with E-state index in [1.54, 1.807) is 31.5 Å². The predicted molar refractivity (Wildman–Crippen MR) is 134 cm³/mol. The number of halogens is 4. The molecule has 0 radical (unpaired) electrons. The standard InChI is InChI=1S/C24H20ClF3N6O2S/c1-13-6-7-15(12-34(13)20-5-3-4-8-29-20)21(35)32-14(2)23-31-11-18(37-23)22(36)33-19-9-16(24(26,27)28)17(25)10-30-19/h3-14H,1-2H3,(H,32,35)(H,30,33,36). The van der Waals surface area contributed by atoms with Crippen LogP contribution in [0.25, 0.3) is 0 Å². The maximum Gasteiger partial charge on any atom is 0.418 e. The number of hydrogen-bond acceptors (Lipinski definition) is 7. The molecule has 4 rings (SSSR count). The van der Waals surface area contributed by atoms with Crippen LogP contribution in [0.5, 0.6) is 0 Å². The lowest BCUT2D eigenvalue weighted by Gasteiger charge is -2.28. The zero-order valence-corrected chi connectivity index (χ0v) is 21.0. The van der Waals surface area contributed by atoms with E-state index in [0.29, 0.717) is 22.5 Å². The Balaban J connectivity index is 1.42. The van der Waals surface area contributed by atoms with Gasteiger partial charge in [-0.25, -0.2) is 15.0 Å². The second-order valence-corrected chi connectivity index (χ2v) is 9.51. The van der Waals surface area contributed by atoms with E-state index in [2.05, 4.69) is 25.6 Å². The summed E-state index contributed by atoms with van der Waals surface area (Å²) in [4.78, 5) is 39.7. The van der Waals surface area contributed by atoms with Crippen LogP contribution < -0.4 is 15.5 Å². The van der Waals surface area contributed by atoms with Crippen LogP contribution in [0.3, 0.4) is 0 Å². The van der Waals surface area contributed by atoms with Crippen molar-refractivity contribution in [3.63, 3.8) is 0 Å². The predicted octanol–water partition coefficient (Wildman–Crippen LogP) is 5.38. The molecule has 3 aromatic rings. The van der Waals surface area contributed by atoms with Crippen molar-refractivity contribution in [3.8, 4) is 0 Å². The topological polar surface area (TPSA) is 100 Å². The lowest BCUT2D eigenvalue weighted by atomic mass is 10.1. The summed E-state index contributed by atoms with van der Waals surface area (Å²) in [6.45, 7) is 3.69. The first-order chi connectivity index (χ1) is 17.5. The first kappa shape index (κ1) is 26.3. The number of aromatic nitrogens is 3. The fourth-order valence-electron chi connectivity index (χ4n) is 3.40. The molecule has 0 aromatic carbocycles. The number of amides is 2. The molecular weight excluding hydrogens is 529 g/mol. The fraction of sp³-hybridized carbons (Fsp3) is 0.208. The zero-order valence-electron chi connectivity index (χ0n) is 19.5. The third-order valence-electron chi connectivity index (χ3n) is 5.31. The molecule has 13 heteroatoms. The Morgan fingerprint density at radius 1 is 1.16 bits per heavy atom. The quantitative estimate of drug-likeness (QED) is 0.429. The van der Waals surface area contributed by atoms with Gasteiger partial charge in [0.2, 0.25) is 0 Å². The number of anilines is 2. The summed E-state index contributed by atoms with van der Waals surface area (Å²) >= 11 is 6.56. The van der Waals surface area contributed by atoms with E-state index in [4.69, 9.17) is 11.6 Å². The highest BCUT2D eigenvalue weighted by Gasteiger charge is 2.34. The first-order valence-corrected chi connectivity index (χ1v) is 12.1. The largest absolute Gasteiger partial charge is 0.418 e. The van der Waals surface area contributed by atoms with E-state index in [1.165, 1.54) is 6.20 Å². The number of carbonyl (C=O) groups is 2. The Morgan fingerprint density at radius 3 is 2.65 bits per heavy atom. The van der Waals surface area contributed by atoms with Gasteiger partial charge in [-0.1, -0.05) is 23.7 Å². The van der Waals surface area contributed by atoms with Gasteiger partial charge in [0.25, 0.3) is 11.8 Å². The Kier molecular flexibility index (Phi) is 7.60. The lowest BCUT2D eigenvalue weighted by Crippen LogP contribution is -2.34. The van der Waals surface area contributed by atoms with E-state index >= 15 is 0 Å². The second kappa shape index (κ2) is 10.7. The van der Waals surface area contributed by atoms with Crippen molar-refractivity contribution >= 4 is 46.4 Å². The number of alkyl halides is 3. The Labute approximate surface area is 218 Å². The van der Waals surface area contributed by atoms with Crippen molar-refractivity contribution in [3.05, 3.63) is 87.3 Å². The SMILES string of the molecule is CC(NC(=O)C1=CN(c2ccccn2)C(C)C=C1)c1ncc(C(=O)Nc2cc(C(F)(F)F)c(Cl)cn2)s1. The number of thiazole rings is 1. The van der Waals surface area contributed by atoms with E-state index in [0.717, 1.165) is 17.5 Å². The van der Waals surface area contributed by atoms with Gasteiger partial charge in [0, 0.05) is 18.6 Å². The van der Waals surface area contributed by atoms with E-state index in [-0.39, 0.29) is 22.6 Å². The molecule has 1 aliphatic rings. The molecule has 8 nitrogen and oxygen atoms in total. The van der Waals surface area contributed by atoms with Crippen LogP contribution in [-0.2, 0) is 11.0 Å². The maximum absolute atomic E-state index is 13.1. The van der Waals surface area contributed by atoms with Crippen molar-refractivity contribution < 1.29 is 22.8 Å². The molecular formula is C24H20ClF3N6O2S. The molecule has 37 heavy (non-hydrogen) atoms. The van der Waals surface area contributed by atoms with Crippen LogP contribution in [0, 0.1) is 0 Å². The van der Waals surface area contributed by atoms with Crippen LogP contribution in [-0.4, -0.2) is 32.8 Å². The van der Waals surface area contributed by atoms with E-state index < -0.39 is 28.7 Å². The van der Waals surface area contributed by atoms with Crippen LogP contribution in [0.4, 0.5) is 24.8 Å². The Hall–Kier alpha value is -3.77. The highest BCUT2D eigenvalue weighted by Crippen LogP contribution is 2.35. The molecule has 192 valence electrons. The minimum Gasteiger partial charge on any atom is -0.343 e. The average Bonchev–Trinajstić information content (AvgIpc) is 3.36. The van der Waals surface area contributed by atoms with E-state index in [1.807, 2.05) is 30.0 Å². The molecule has 0 bridgehead atoms. The normalized spacial score (nSPS) is 16.2. The third-order valence-corrected chi connectivity index (χ3v) is 6.79. The van der Waals surface area contributed by atoms with Crippen LogP contribution in [0.15, 0.2) is 66.8 Å². The Morgan fingerprint density at radius 2 is 1.95 bits per heavy atom. The van der Waals surface area contributed by atoms with Gasteiger partial charge < -0.3 is 15.5 Å². The molecule has 4 heterocycles. The highest BCUT2D eigenvalue weighted by molar-refractivity contribution is 7.13. The molecule has 2 N–H and O–H groups in total. The first-order valence-electron chi connectivity index (χ1n) is 10.9. The molecule has 0 saturated carbocycles. The highest BCUT2D eigenvalue weighted by atomic mass is 35.5. The smallest absolute Gasteiger partial charge is 0.343 e. The number of nitrogens with zero attached hydrogens (tertiary/aromatic N) is 4. The van der Waals surface area contributed by atoms with Crippen LogP contribution >= 0.6 is 22.9 Å². The van der Waals surface area contributed by atoms with E-state index in [9.17, 15) is 22.8 Å². The number of nitrogens with one attached hydrogen (secondary N) is 2. The second-order valence-electron chi connectivity index (χ2n) is 8.04. The average molecular weight is 549 g/mol. The summed E-state index contributed by atoms with van der Waals surface area (Å²) < 4.78 is 39.2. The summed E-state index contributed by atoms with van der Waals surface area (Å²) in [6, 6.07) is 5.63. The van der Waals surface area contributed by atoms with Gasteiger partial charge in [-0.2, -0.15) is 13.2 Å². The van der Waals surface area contributed by atoms with Gasteiger partial charge in [0.1, 0.15) is 21.5 Å². The monoisotopic (exact) mass is 548 g/mol. The van der Waals surface area contributed by atoms with Crippen LogP contribution in [0.1, 0.15) is 40.1 Å². The minimum atomic E-state index is -4.69. The molecule has 2 atom stereocenters. The lowest BCUT2D eigenvalue weighted by molar-refractivity contribution is -0.137. The van der Waals surface area contributed by atoms with Gasteiger partial charge in [0.05, 0.1) is 34.4 Å². The van der Waals surface area contributed by atoms with Crippen molar-refractivity contribution in [2.75, 3.05) is 10.2 Å². The van der Waals surface area contributed by atoms with Gasteiger partial charge in [-0.3, -0.25) is 9.59 Å². The van der Waals surface area contributed by atoms with Crippen molar-refractivity contribution in [1.29, 1.82) is 0 Å².